The van der Waals surface area contributed by atoms with Crippen molar-refractivity contribution in [3.05, 3.63) is 38.7 Å². The van der Waals surface area contributed by atoms with Crippen LogP contribution in [0.5, 0.6) is 0 Å². The summed E-state index contributed by atoms with van der Waals surface area (Å²) in [5, 5.41) is 0. The fourth-order valence-corrected chi connectivity index (χ4v) is 1.81. The van der Waals surface area contributed by atoms with E-state index >= 15 is 0 Å². The van der Waals surface area contributed by atoms with Crippen LogP contribution in [-0.2, 0) is 4.74 Å². The van der Waals surface area contributed by atoms with E-state index in [2.05, 4.69) is 30.6 Å². The van der Waals surface area contributed by atoms with Crippen LogP contribution in [0.4, 0.5) is 0 Å². The van der Waals surface area contributed by atoms with Gasteiger partial charge in [-0.05, 0) is 28.1 Å². The Morgan fingerprint density at radius 3 is 2.94 bits per heavy atom. The van der Waals surface area contributed by atoms with E-state index in [-0.39, 0.29) is 11.1 Å². The van der Waals surface area contributed by atoms with Crippen molar-refractivity contribution in [3.63, 3.8) is 0 Å². The number of carbonyl (C=O) groups excluding carboxylic acids is 1. The molecule has 6 heteroatoms. The number of fused-ring (bicyclic) bond motifs is 1. The molecule has 0 aliphatic heterocycles. The molecule has 0 aliphatic rings. The van der Waals surface area contributed by atoms with E-state index in [0.717, 1.165) is 6.20 Å². The lowest BCUT2D eigenvalue weighted by Gasteiger charge is -2.04. The van der Waals surface area contributed by atoms with Crippen LogP contribution in [0.25, 0.3) is 11.0 Å². The van der Waals surface area contributed by atoms with Crippen molar-refractivity contribution in [3.8, 4) is 0 Å². The van der Waals surface area contributed by atoms with E-state index in [1.54, 1.807) is 12.1 Å². The predicted octanol–water partition coefficient (Wildman–Crippen LogP) is 1.47. The third-order valence-corrected chi connectivity index (χ3v) is 2.73. The molecule has 0 fully saturated rings. The Bertz CT molecular complexity index is 621. The number of esters is 1. The summed E-state index contributed by atoms with van der Waals surface area (Å²) in [6.45, 7) is 0. The molecular weight excluding hydrogens is 276 g/mol. The van der Waals surface area contributed by atoms with Crippen LogP contribution >= 0.6 is 15.9 Å². The third kappa shape index (κ3) is 1.71. The van der Waals surface area contributed by atoms with Crippen LogP contribution < -0.4 is 5.56 Å². The molecule has 0 radical (unpaired) electrons. The van der Waals surface area contributed by atoms with Gasteiger partial charge in [0.05, 0.1) is 24.4 Å². The fraction of sp³-hybridized carbons (Fsp3) is 0.100. The third-order valence-electron chi connectivity index (χ3n) is 2.09. The smallest absolute Gasteiger partial charge is 0.340 e. The highest BCUT2D eigenvalue weighted by atomic mass is 79.9. The summed E-state index contributed by atoms with van der Waals surface area (Å²) in [5.41, 5.74) is 0.804. The lowest BCUT2D eigenvalue weighted by Crippen LogP contribution is -2.10. The van der Waals surface area contributed by atoms with Crippen LogP contribution in [0.15, 0.2) is 27.6 Å². The molecule has 0 bridgehead atoms. The van der Waals surface area contributed by atoms with E-state index in [4.69, 9.17) is 0 Å². The molecule has 0 amide bonds. The molecule has 2 aromatic rings. The van der Waals surface area contributed by atoms with Gasteiger partial charge in [-0.15, -0.1) is 0 Å². The highest BCUT2D eigenvalue weighted by molar-refractivity contribution is 9.10. The lowest BCUT2D eigenvalue weighted by atomic mass is 10.2. The van der Waals surface area contributed by atoms with Gasteiger partial charge in [0.25, 0.3) is 5.56 Å². The molecular formula is C10H7BrN2O3. The number of hydrogen-bond acceptors (Lipinski definition) is 4. The number of hydrogen-bond donors (Lipinski definition) is 1. The number of carbonyl (C=O) groups is 1. The van der Waals surface area contributed by atoms with Gasteiger partial charge in [-0.3, -0.25) is 4.79 Å². The summed E-state index contributed by atoms with van der Waals surface area (Å²) in [6.07, 6.45) is 1.16. The Labute approximate surface area is 98.6 Å². The predicted molar refractivity (Wildman–Crippen MR) is 61.4 cm³/mol. The fourth-order valence-electron chi connectivity index (χ4n) is 1.38. The minimum absolute atomic E-state index is 0.283. The van der Waals surface area contributed by atoms with Gasteiger partial charge in [0.1, 0.15) is 5.52 Å². The number of benzene rings is 1. The first-order valence-electron chi connectivity index (χ1n) is 4.39. The van der Waals surface area contributed by atoms with Crippen molar-refractivity contribution < 1.29 is 9.53 Å². The minimum atomic E-state index is -0.513. The molecule has 1 N–H and O–H groups in total. The average molecular weight is 283 g/mol. The van der Waals surface area contributed by atoms with Gasteiger partial charge in [0.15, 0.2) is 0 Å². The van der Waals surface area contributed by atoms with Crippen molar-refractivity contribution >= 4 is 32.9 Å². The Balaban J connectivity index is 2.86. The molecule has 0 spiro atoms. The first-order chi connectivity index (χ1) is 7.63. The van der Waals surface area contributed by atoms with Crippen LogP contribution in [0.1, 0.15) is 10.4 Å². The molecule has 0 saturated heterocycles. The summed E-state index contributed by atoms with van der Waals surface area (Å²) >= 11 is 3.29. The van der Waals surface area contributed by atoms with Gasteiger partial charge in [-0.1, -0.05) is 0 Å². The summed E-state index contributed by atoms with van der Waals surface area (Å²) in [4.78, 5) is 29.2. The number of nitrogens with zero attached hydrogens (tertiary/aromatic N) is 1. The highest BCUT2D eigenvalue weighted by Crippen LogP contribution is 2.22. The molecule has 5 nitrogen and oxygen atoms in total. The molecule has 0 unspecified atom stereocenters. The summed E-state index contributed by atoms with van der Waals surface area (Å²) in [7, 11) is 1.28. The summed E-state index contributed by atoms with van der Waals surface area (Å²) in [5.74, 6) is -0.513. The number of methoxy groups -OCH3 is 1. The quantitative estimate of drug-likeness (QED) is 0.804. The van der Waals surface area contributed by atoms with Gasteiger partial charge >= 0.3 is 5.97 Å². The van der Waals surface area contributed by atoms with Gasteiger partial charge in [-0.2, -0.15) is 0 Å². The first-order valence-corrected chi connectivity index (χ1v) is 5.18. The van der Waals surface area contributed by atoms with E-state index in [1.807, 2.05) is 0 Å². The summed E-state index contributed by atoms with van der Waals surface area (Å²) < 4.78 is 5.32. The molecule has 1 heterocycles. The molecule has 1 aromatic heterocycles. The number of rotatable bonds is 1. The van der Waals surface area contributed by atoms with E-state index in [9.17, 15) is 9.59 Å². The largest absolute Gasteiger partial charge is 0.465 e. The van der Waals surface area contributed by atoms with Crippen molar-refractivity contribution in [2.75, 3.05) is 7.11 Å². The minimum Gasteiger partial charge on any atom is -0.465 e. The Morgan fingerprint density at radius 2 is 2.25 bits per heavy atom. The zero-order valence-corrected chi connectivity index (χ0v) is 9.87. The number of nitrogens with one attached hydrogen (secondary N) is 1. The topological polar surface area (TPSA) is 72.0 Å². The number of ether oxygens (including phenoxy) is 1. The van der Waals surface area contributed by atoms with Crippen LogP contribution in [0.3, 0.4) is 0 Å². The van der Waals surface area contributed by atoms with Gasteiger partial charge in [0.2, 0.25) is 0 Å². The monoisotopic (exact) mass is 282 g/mol. The number of aromatic nitrogens is 2. The second kappa shape index (κ2) is 4.05. The number of aromatic amines is 1. The summed E-state index contributed by atoms with van der Waals surface area (Å²) in [6, 6.07) is 3.25. The SMILES string of the molecule is COC(=O)c1ccc(Br)c2ncc(=O)[nH]c12. The molecule has 82 valence electrons. The highest BCUT2D eigenvalue weighted by Gasteiger charge is 2.13. The second-order valence-electron chi connectivity index (χ2n) is 3.06. The maximum atomic E-state index is 11.5. The zero-order chi connectivity index (χ0) is 11.7. The Kier molecular flexibility index (Phi) is 2.74. The molecule has 0 atom stereocenters. The van der Waals surface area contributed by atoms with E-state index in [0.29, 0.717) is 15.5 Å². The van der Waals surface area contributed by atoms with Crippen LogP contribution in [-0.4, -0.2) is 23.0 Å². The van der Waals surface area contributed by atoms with Crippen molar-refractivity contribution in [2.24, 2.45) is 0 Å². The van der Waals surface area contributed by atoms with Crippen molar-refractivity contribution in [1.29, 1.82) is 0 Å². The van der Waals surface area contributed by atoms with E-state index in [1.165, 1.54) is 7.11 Å². The Hall–Kier alpha value is -1.69. The van der Waals surface area contributed by atoms with Crippen molar-refractivity contribution in [1.82, 2.24) is 9.97 Å². The van der Waals surface area contributed by atoms with Crippen molar-refractivity contribution in [2.45, 2.75) is 0 Å². The van der Waals surface area contributed by atoms with Gasteiger partial charge < -0.3 is 9.72 Å². The first kappa shape index (κ1) is 10.8. The molecule has 0 aliphatic carbocycles. The van der Waals surface area contributed by atoms with Gasteiger partial charge in [0, 0.05) is 4.47 Å². The molecule has 0 saturated carbocycles. The maximum absolute atomic E-state index is 11.5. The maximum Gasteiger partial charge on any atom is 0.340 e. The molecule has 1 aromatic carbocycles. The van der Waals surface area contributed by atoms with Gasteiger partial charge in [-0.25, -0.2) is 9.78 Å². The number of halogens is 1. The average Bonchev–Trinajstić information content (AvgIpc) is 2.28. The van der Waals surface area contributed by atoms with Crippen LogP contribution in [0, 0.1) is 0 Å². The molecule has 16 heavy (non-hydrogen) atoms. The normalized spacial score (nSPS) is 10.4. The second-order valence-corrected chi connectivity index (χ2v) is 3.91. The standard InChI is InChI=1S/C10H7BrN2O3/c1-16-10(15)5-2-3-6(11)9-8(5)13-7(14)4-12-9/h2-4H,1H3,(H,13,14). The zero-order valence-electron chi connectivity index (χ0n) is 8.28. The lowest BCUT2D eigenvalue weighted by molar-refractivity contribution is 0.0602. The molecule has 2 rings (SSSR count). The Morgan fingerprint density at radius 1 is 1.50 bits per heavy atom. The van der Waals surface area contributed by atoms with Crippen LogP contribution in [0.2, 0.25) is 0 Å². The number of H-pyrrole nitrogens is 1. The van der Waals surface area contributed by atoms with E-state index < -0.39 is 5.97 Å².